The summed E-state index contributed by atoms with van der Waals surface area (Å²) in [7, 11) is 0. The Hall–Kier alpha value is -0.610. The van der Waals surface area contributed by atoms with Gasteiger partial charge < -0.3 is 4.42 Å². The van der Waals surface area contributed by atoms with E-state index in [2.05, 4.69) is 42.9 Å². The second-order valence-corrected chi connectivity index (χ2v) is 5.53. The number of aromatic nitrogens is 1. The molecule has 2 aromatic heterocycles. The molecule has 0 bridgehead atoms. The molecule has 0 aliphatic rings. The molecule has 0 aliphatic carbocycles. The molecule has 0 spiro atoms. The summed E-state index contributed by atoms with van der Waals surface area (Å²) in [6, 6.07) is 7.96. The second-order valence-electron chi connectivity index (χ2n) is 3.64. The lowest BCUT2D eigenvalue weighted by molar-refractivity contribution is 0.485. The molecule has 2 rings (SSSR count). The van der Waals surface area contributed by atoms with Gasteiger partial charge in [-0.3, -0.25) is 4.98 Å². The standard InChI is InChI=1S/C12H11Br2NO/c1-8-2-3-9(15-7-8)6-10(13)11-4-5-12(14)16-11/h2-5,7,10H,6H2,1H3. The Morgan fingerprint density at radius 1 is 1.31 bits per heavy atom. The predicted octanol–water partition coefficient (Wildman–Crippen LogP) is 4.42. The highest BCUT2D eigenvalue weighted by molar-refractivity contribution is 9.10. The van der Waals surface area contributed by atoms with E-state index in [1.165, 1.54) is 5.56 Å². The highest BCUT2D eigenvalue weighted by Crippen LogP contribution is 2.29. The Labute approximate surface area is 111 Å². The predicted molar refractivity (Wildman–Crippen MR) is 70.8 cm³/mol. The fourth-order valence-corrected chi connectivity index (χ4v) is 2.30. The average Bonchev–Trinajstić information content (AvgIpc) is 2.68. The Balaban J connectivity index is 2.07. The molecule has 0 saturated carbocycles. The smallest absolute Gasteiger partial charge is 0.169 e. The first-order chi connectivity index (χ1) is 7.65. The minimum atomic E-state index is 0.161. The average molecular weight is 345 g/mol. The van der Waals surface area contributed by atoms with Crippen molar-refractivity contribution in [2.45, 2.75) is 18.2 Å². The van der Waals surface area contributed by atoms with Crippen molar-refractivity contribution in [2.75, 3.05) is 0 Å². The fourth-order valence-electron chi connectivity index (χ4n) is 1.40. The van der Waals surface area contributed by atoms with Crippen molar-refractivity contribution in [1.29, 1.82) is 0 Å². The minimum Gasteiger partial charge on any atom is -0.453 e. The van der Waals surface area contributed by atoms with Crippen molar-refractivity contribution in [3.63, 3.8) is 0 Å². The van der Waals surface area contributed by atoms with Crippen molar-refractivity contribution in [3.05, 3.63) is 52.1 Å². The number of hydrogen-bond acceptors (Lipinski definition) is 2. The summed E-state index contributed by atoms with van der Waals surface area (Å²) < 4.78 is 6.24. The van der Waals surface area contributed by atoms with E-state index < -0.39 is 0 Å². The number of pyridine rings is 1. The van der Waals surface area contributed by atoms with Gasteiger partial charge in [0.15, 0.2) is 4.67 Å². The van der Waals surface area contributed by atoms with Gasteiger partial charge in [0.2, 0.25) is 0 Å². The van der Waals surface area contributed by atoms with Crippen LogP contribution in [0.15, 0.2) is 39.5 Å². The first-order valence-electron chi connectivity index (χ1n) is 4.96. The van der Waals surface area contributed by atoms with Gasteiger partial charge in [-0.25, -0.2) is 0 Å². The van der Waals surface area contributed by atoms with Gasteiger partial charge in [-0.2, -0.15) is 0 Å². The summed E-state index contributed by atoms with van der Waals surface area (Å²) in [4.78, 5) is 4.53. The van der Waals surface area contributed by atoms with Crippen LogP contribution in [0.2, 0.25) is 0 Å². The first-order valence-corrected chi connectivity index (χ1v) is 6.67. The maximum atomic E-state index is 5.48. The van der Waals surface area contributed by atoms with Gasteiger partial charge in [-0.15, -0.1) is 0 Å². The van der Waals surface area contributed by atoms with E-state index in [-0.39, 0.29) is 4.83 Å². The molecule has 84 valence electrons. The van der Waals surface area contributed by atoms with Crippen molar-refractivity contribution >= 4 is 31.9 Å². The van der Waals surface area contributed by atoms with Gasteiger partial charge >= 0.3 is 0 Å². The lowest BCUT2D eigenvalue weighted by atomic mass is 10.2. The highest BCUT2D eigenvalue weighted by atomic mass is 79.9. The molecule has 0 saturated heterocycles. The van der Waals surface area contributed by atoms with Crippen LogP contribution in [0.1, 0.15) is 21.8 Å². The molecule has 0 fully saturated rings. The molecule has 0 aliphatic heterocycles. The monoisotopic (exact) mass is 343 g/mol. The molecular weight excluding hydrogens is 334 g/mol. The quantitative estimate of drug-likeness (QED) is 0.770. The van der Waals surface area contributed by atoms with Crippen LogP contribution >= 0.6 is 31.9 Å². The van der Waals surface area contributed by atoms with Gasteiger partial charge in [-0.05, 0) is 46.6 Å². The zero-order chi connectivity index (χ0) is 11.5. The number of aryl methyl sites for hydroxylation is 1. The number of halogens is 2. The van der Waals surface area contributed by atoms with Crippen molar-refractivity contribution in [1.82, 2.24) is 4.98 Å². The molecule has 2 aromatic rings. The van der Waals surface area contributed by atoms with Crippen molar-refractivity contribution < 1.29 is 4.42 Å². The molecule has 1 unspecified atom stereocenters. The number of furan rings is 1. The van der Waals surface area contributed by atoms with Crippen LogP contribution in [0.5, 0.6) is 0 Å². The Morgan fingerprint density at radius 2 is 2.12 bits per heavy atom. The van der Waals surface area contributed by atoms with Crippen LogP contribution in [0.3, 0.4) is 0 Å². The Morgan fingerprint density at radius 3 is 2.69 bits per heavy atom. The van der Waals surface area contributed by atoms with Gasteiger partial charge in [0, 0.05) is 18.3 Å². The summed E-state index contributed by atoms with van der Waals surface area (Å²) in [6.07, 6.45) is 2.70. The third-order valence-corrected chi connectivity index (χ3v) is 3.46. The van der Waals surface area contributed by atoms with E-state index in [0.29, 0.717) is 0 Å². The number of rotatable bonds is 3. The van der Waals surface area contributed by atoms with E-state index in [4.69, 9.17) is 4.42 Å². The van der Waals surface area contributed by atoms with Crippen LogP contribution in [-0.4, -0.2) is 4.98 Å². The van der Waals surface area contributed by atoms with Crippen molar-refractivity contribution in [2.24, 2.45) is 0 Å². The molecule has 0 amide bonds. The molecule has 2 heterocycles. The van der Waals surface area contributed by atoms with E-state index in [0.717, 1.165) is 22.5 Å². The number of nitrogens with zero attached hydrogens (tertiary/aromatic N) is 1. The molecule has 16 heavy (non-hydrogen) atoms. The molecule has 2 nitrogen and oxygen atoms in total. The third kappa shape index (κ3) is 2.95. The molecule has 0 aromatic carbocycles. The minimum absolute atomic E-state index is 0.161. The highest BCUT2D eigenvalue weighted by Gasteiger charge is 2.13. The van der Waals surface area contributed by atoms with Crippen LogP contribution in [0, 0.1) is 6.92 Å². The zero-order valence-electron chi connectivity index (χ0n) is 8.78. The van der Waals surface area contributed by atoms with Gasteiger partial charge in [0.1, 0.15) is 5.76 Å². The first kappa shape index (κ1) is 11.9. The maximum absolute atomic E-state index is 5.48. The SMILES string of the molecule is Cc1ccc(CC(Br)c2ccc(Br)o2)nc1. The largest absolute Gasteiger partial charge is 0.453 e. The normalized spacial score (nSPS) is 12.7. The summed E-state index contributed by atoms with van der Waals surface area (Å²) in [5, 5.41) is 0. The van der Waals surface area contributed by atoms with E-state index in [9.17, 15) is 0 Å². The van der Waals surface area contributed by atoms with Crippen LogP contribution < -0.4 is 0 Å². The van der Waals surface area contributed by atoms with E-state index in [1.807, 2.05) is 31.3 Å². The molecule has 1 atom stereocenters. The number of alkyl halides is 1. The number of hydrogen-bond donors (Lipinski definition) is 0. The molecular formula is C12H11Br2NO. The van der Waals surface area contributed by atoms with E-state index >= 15 is 0 Å². The van der Waals surface area contributed by atoms with Gasteiger partial charge in [0.25, 0.3) is 0 Å². The molecule has 0 radical (unpaired) electrons. The fraction of sp³-hybridized carbons (Fsp3) is 0.250. The Bertz CT molecular complexity index is 464. The lowest BCUT2D eigenvalue weighted by Gasteiger charge is -2.06. The summed E-state index contributed by atoms with van der Waals surface area (Å²) in [6.45, 7) is 2.03. The second kappa shape index (κ2) is 5.15. The summed E-state index contributed by atoms with van der Waals surface area (Å²) in [5.41, 5.74) is 2.23. The maximum Gasteiger partial charge on any atom is 0.169 e. The molecule has 4 heteroatoms. The topological polar surface area (TPSA) is 26.0 Å². The van der Waals surface area contributed by atoms with Crippen LogP contribution in [0.25, 0.3) is 0 Å². The third-order valence-electron chi connectivity index (χ3n) is 2.26. The van der Waals surface area contributed by atoms with Gasteiger partial charge in [-0.1, -0.05) is 22.0 Å². The van der Waals surface area contributed by atoms with Crippen LogP contribution in [-0.2, 0) is 6.42 Å². The van der Waals surface area contributed by atoms with Crippen LogP contribution in [0.4, 0.5) is 0 Å². The summed E-state index contributed by atoms with van der Waals surface area (Å²) in [5.74, 6) is 0.911. The molecule has 0 N–H and O–H groups in total. The van der Waals surface area contributed by atoms with Crippen molar-refractivity contribution in [3.8, 4) is 0 Å². The Kier molecular flexibility index (Phi) is 3.82. The zero-order valence-corrected chi connectivity index (χ0v) is 12.0. The van der Waals surface area contributed by atoms with E-state index in [1.54, 1.807) is 0 Å². The van der Waals surface area contributed by atoms with Gasteiger partial charge in [0.05, 0.1) is 4.83 Å². The summed E-state index contributed by atoms with van der Waals surface area (Å²) >= 11 is 6.89. The lowest BCUT2D eigenvalue weighted by Crippen LogP contribution is -1.96.